The van der Waals surface area contributed by atoms with Crippen LogP contribution in [0.5, 0.6) is 0 Å². The fourth-order valence-electron chi connectivity index (χ4n) is 5.44. The maximum Gasteiger partial charge on any atom is 0.253 e. The van der Waals surface area contributed by atoms with Gasteiger partial charge in [0.05, 0.1) is 16.4 Å². The lowest BCUT2D eigenvalue weighted by Gasteiger charge is -2.36. The zero-order chi connectivity index (χ0) is 27.6. The number of hydrogen-bond donors (Lipinski definition) is 1. The quantitative estimate of drug-likeness (QED) is 0.287. The monoisotopic (exact) mass is 571 g/mol. The molecule has 1 aromatic heterocycles. The van der Waals surface area contributed by atoms with Crippen molar-refractivity contribution in [3.8, 4) is 11.1 Å². The van der Waals surface area contributed by atoms with Crippen molar-refractivity contribution in [3.05, 3.63) is 106 Å². The zero-order valence-electron chi connectivity index (χ0n) is 22.4. The van der Waals surface area contributed by atoms with Gasteiger partial charge < -0.3 is 20.0 Å². The Labute approximate surface area is 245 Å². The van der Waals surface area contributed by atoms with Gasteiger partial charge in [0.1, 0.15) is 5.82 Å². The van der Waals surface area contributed by atoms with Crippen LogP contribution in [0.1, 0.15) is 21.5 Å². The van der Waals surface area contributed by atoms with Crippen LogP contribution in [0.2, 0.25) is 10.0 Å². The Morgan fingerprint density at radius 1 is 0.875 bits per heavy atom. The zero-order valence-corrected chi connectivity index (χ0v) is 23.9. The third-order valence-corrected chi connectivity index (χ3v) is 8.33. The van der Waals surface area contributed by atoms with E-state index in [1.807, 2.05) is 71.8 Å². The van der Waals surface area contributed by atoms with Crippen LogP contribution in [-0.2, 0) is 6.54 Å². The van der Waals surface area contributed by atoms with Crippen LogP contribution in [0.3, 0.4) is 0 Å². The number of aromatic nitrogens is 1. The third kappa shape index (κ3) is 5.47. The summed E-state index contributed by atoms with van der Waals surface area (Å²) in [5.41, 5.74) is 7.26. The second-order valence-corrected chi connectivity index (χ2v) is 11.2. The van der Waals surface area contributed by atoms with Crippen LogP contribution in [-0.4, -0.2) is 55.1 Å². The van der Waals surface area contributed by atoms with Crippen molar-refractivity contribution in [2.75, 3.05) is 54.4 Å². The number of carbonyl (C=O) groups excluding carboxylic acids is 1. The number of aryl methyl sites for hydroxylation is 1. The Morgan fingerprint density at radius 3 is 2.42 bits per heavy atom. The maximum absolute atomic E-state index is 13.3. The molecule has 8 heteroatoms. The molecular weight excluding hydrogens is 541 g/mol. The number of nitrogens with zero attached hydrogens (tertiary/aromatic N) is 4. The molecule has 1 N–H and O–H groups in total. The molecule has 0 atom stereocenters. The van der Waals surface area contributed by atoms with Gasteiger partial charge in [-0.2, -0.15) is 0 Å². The molecule has 1 fully saturated rings. The molecule has 3 heterocycles. The average molecular weight is 573 g/mol. The van der Waals surface area contributed by atoms with E-state index in [0.29, 0.717) is 18.7 Å². The minimum Gasteiger partial charge on any atom is -0.367 e. The number of carbonyl (C=O) groups is 1. The van der Waals surface area contributed by atoms with E-state index in [1.165, 1.54) is 11.1 Å². The number of para-hydroxylation sites is 1. The minimum atomic E-state index is 0.0567. The first-order valence-corrected chi connectivity index (χ1v) is 14.3. The number of halogens is 2. The molecule has 204 valence electrons. The molecule has 6 nitrogen and oxygen atoms in total. The molecule has 40 heavy (non-hydrogen) atoms. The van der Waals surface area contributed by atoms with Gasteiger partial charge >= 0.3 is 0 Å². The summed E-state index contributed by atoms with van der Waals surface area (Å²) in [7, 11) is 0. The van der Waals surface area contributed by atoms with Crippen LogP contribution in [0.25, 0.3) is 11.1 Å². The second-order valence-electron chi connectivity index (χ2n) is 10.3. The van der Waals surface area contributed by atoms with Gasteiger partial charge in [0.15, 0.2) is 0 Å². The van der Waals surface area contributed by atoms with Gasteiger partial charge in [0, 0.05) is 68.2 Å². The highest BCUT2D eigenvalue weighted by atomic mass is 35.5. The van der Waals surface area contributed by atoms with E-state index in [2.05, 4.69) is 34.2 Å². The van der Waals surface area contributed by atoms with E-state index in [4.69, 9.17) is 28.2 Å². The summed E-state index contributed by atoms with van der Waals surface area (Å²) in [5, 5.41) is 4.91. The number of amides is 1. The molecule has 2 aliphatic heterocycles. The van der Waals surface area contributed by atoms with E-state index in [9.17, 15) is 4.79 Å². The van der Waals surface area contributed by atoms with E-state index in [0.717, 1.165) is 71.1 Å². The summed E-state index contributed by atoms with van der Waals surface area (Å²) in [4.78, 5) is 24.5. The van der Waals surface area contributed by atoms with Gasteiger partial charge in [0.2, 0.25) is 0 Å². The molecule has 3 aromatic carbocycles. The Hall–Kier alpha value is -3.74. The summed E-state index contributed by atoms with van der Waals surface area (Å²) in [6, 6.07) is 23.9. The number of anilines is 3. The first-order chi connectivity index (χ1) is 19.5. The van der Waals surface area contributed by atoms with Crippen LogP contribution < -0.4 is 15.1 Å². The van der Waals surface area contributed by atoms with Gasteiger partial charge in [-0.3, -0.25) is 4.79 Å². The van der Waals surface area contributed by atoms with Gasteiger partial charge in [-0.1, -0.05) is 53.5 Å². The van der Waals surface area contributed by atoms with Gasteiger partial charge in [-0.25, -0.2) is 4.98 Å². The molecule has 0 spiro atoms. The van der Waals surface area contributed by atoms with E-state index < -0.39 is 0 Å². The van der Waals surface area contributed by atoms with Gasteiger partial charge in [0.25, 0.3) is 5.91 Å². The lowest BCUT2D eigenvalue weighted by Crippen LogP contribution is -2.48. The standard InChI is InChI=1S/C32H31Cl2N5O/c1-22-6-11-27(33)18-26(22)21-39-13-12-35-31-30(39)19-25(20-36-31)23-7-9-24(10-8-23)32(40)38-16-14-37(15-17-38)29-5-3-2-4-28(29)34/h2-11,18-20H,12-17,21H2,1H3,(H,35,36). The molecule has 0 radical (unpaired) electrons. The minimum absolute atomic E-state index is 0.0567. The van der Waals surface area contributed by atoms with Crippen molar-refractivity contribution in [1.82, 2.24) is 9.88 Å². The highest BCUT2D eigenvalue weighted by Gasteiger charge is 2.24. The molecule has 0 bridgehead atoms. The van der Waals surface area contributed by atoms with Crippen LogP contribution >= 0.6 is 23.2 Å². The first-order valence-electron chi connectivity index (χ1n) is 13.6. The Bertz CT molecular complexity index is 1530. The number of hydrogen-bond acceptors (Lipinski definition) is 5. The SMILES string of the molecule is Cc1ccc(Cl)cc1CN1CCNc2ncc(-c3ccc(C(=O)N4CCN(c5ccccc5Cl)CC4)cc3)cc21. The highest BCUT2D eigenvalue weighted by molar-refractivity contribution is 6.33. The number of fused-ring (bicyclic) bond motifs is 1. The molecule has 2 aliphatic rings. The number of benzene rings is 3. The van der Waals surface area contributed by atoms with Crippen molar-refractivity contribution in [2.24, 2.45) is 0 Å². The summed E-state index contributed by atoms with van der Waals surface area (Å²) in [6.45, 7) is 7.43. The molecular formula is C32H31Cl2N5O. The van der Waals surface area contributed by atoms with Crippen molar-refractivity contribution >= 4 is 46.3 Å². The maximum atomic E-state index is 13.3. The van der Waals surface area contributed by atoms with Crippen molar-refractivity contribution < 1.29 is 4.79 Å². The van der Waals surface area contributed by atoms with E-state index in [-0.39, 0.29) is 5.91 Å². The largest absolute Gasteiger partial charge is 0.367 e. The topological polar surface area (TPSA) is 51.7 Å². The fourth-order valence-corrected chi connectivity index (χ4v) is 5.89. The summed E-state index contributed by atoms with van der Waals surface area (Å²) in [6.07, 6.45) is 1.89. The smallest absolute Gasteiger partial charge is 0.253 e. The molecule has 1 amide bonds. The van der Waals surface area contributed by atoms with E-state index in [1.54, 1.807) is 0 Å². The van der Waals surface area contributed by atoms with Crippen LogP contribution in [0.4, 0.5) is 17.2 Å². The molecule has 0 unspecified atom stereocenters. The van der Waals surface area contributed by atoms with Crippen LogP contribution in [0, 0.1) is 6.92 Å². The third-order valence-electron chi connectivity index (χ3n) is 7.78. The molecule has 4 aromatic rings. The summed E-state index contributed by atoms with van der Waals surface area (Å²) in [5.74, 6) is 0.943. The Kier molecular flexibility index (Phi) is 7.55. The molecule has 0 saturated carbocycles. The Morgan fingerprint density at radius 2 is 1.65 bits per heavy atom. The fraction of sp³-hybridized carbons (Fsp3) is 0.250. The number of rotatable bonds is 5. The average Bonchev–Trinajstić information content (AvgIpc) is 2.99. The highest BCUT2D eigenvalue weighted by Crippen LogP contribution is 2.34. The lowest BCUT2D eigenvalue weighted by molar-refractivity contribution is 0.0747. The first kappa shape index (κ1) is 26.5. The normalized spacial score (nSPS) is 15.0. The van der Waals surface area contributed by atoms with E-state index >= 15 is 0 Å². The van der Waals surface area contributed by atoms with Crippen molar-refractivity contribution in [1.29, 1.82) is 0 Å². The molecule has 0 aliphatic carbocycles. The summed E-state index contributed by atoms with van der Waals surface area (Å²) < 4.78 is 0. The lowest BCUT2D eigenvalue weighted by atomic mass is 10.0. The van der Waals surface area contributed by atoms with Crippen molar-refractivity contribution in [3.63, 3.8) is 0 Å². The van der Waals surface area contributed by atoms with Gasteiger partial charge in [-0.05, 0) is 66.1 Å². The molecule has 1 saturated heterocycles. The van der Waals surface area contributed by atoms with Gasteiger partial charge in [-0.15, -0.1) is 0 Å². The predicted octanol–water partition coefficient (Wildman–Crippen LogP) is 6.76. The number of piperazine rings is 1. The molecule has 6 rings (SSSR count). The Balaban J connectivity index is 1.15. The van der Waals surface area contributed by atoms with Crippen molar-refractivity contribution in [2.45, 2.75) is 13.5 Å². The number of pyridine rings is 1. The predicted molar refractivity (Wildman–Crippen MR) is 165 cm³/mol. The van der Waals surface area contributed by atoms with Crippen LogP contribution in [0.15, 0.2) is 79.0 Å². The summed E-state index contributed by atoms with van der Waals surface area (Å²) >= 11 is 12.7. The number of nitrogens with one attached hydrogen (secondary N) is 1. The second kappa shape index (κ2) is 11.4.